The van der Waals surface area contributed by atoms with Crippen LogP contribution in [0.5, 0.6) is 5.75 Å². The van der Waals surface area contributed by atoms with Gasteiger partial charge in [-0.3, -0.25) is 13.9 Å². The molecular formula is C25H34ClN3O5S. The van der Waals surface area contributed by atoms with Crippen LogP contribution in [0.2, 0.25) is 5.02 Å². The van der Waals surface area contributed by atoms with Crippen LogP contribution in [0.15, 0.2) is 48.5 Å². The second-order valence-electron chi connectivity index (χ2n) is 8.65. The van der Waals surface area contributed by atoms with E-state index in [1.165, 1.54) is 12.0 Å². The Kier molecular flexibility index (Phi) is 10.4. The zero-order chi connectivity index (χ0) is 26.2. The second kappa shape index (κ2) is 12.8. The van der Waals surface area contributed by atoms with E-state index in [1.54, 1.807) is 48.5 Å². The van der Waals surface area contributed by atoms with Crippen LogP contribution in [-0.2, 0) is 26.2 Å². The number of methoxy groups -OCH3 is 1. The van der Waals surface area contributed by atoms with E-state index in [9.17, 15) is 18.0 Å². The molecule has 192 valence electrons. The Morgan fingerprint density at radius 2 is 1.71 bits per heavy atom. The predicted molar refractivity (Wildman–Crippen MR) is 139 cm³/mol. The number of anilines is 1. The summed E-state index contributed by atoms with van der Waals surface area (Å²) in [6.07, 6.45) is 1.39. The summed E-state index contributed by atoms with van der Waals surface area (Å²) in [5.74, 6) is -0.241. The molecule has 0 saturated heterocycles. The molecule has 0 aliphatic rings. The lowest BCUT2D eigenvalue weighted by Crippen LogP contribution is -2.52. The van der Waals surface area contributed by atoms with Crippen LogP contribution >= 0.6 is 11.6 Å². The van der Waals surface area contributed by atoms with Gasteiger partial charge >= 0.3 is 0 Å². The van der Waals surface area contributed by atoms with Gasteiger partial charge in [0, 0.05) is 18.1 Å². The molecule has 0 spiro atoms. The quantitative estimate of drug-likeness (QED) is 0.457. The van der Waals surface area contributed by atoms with Crippen LogP contribution in [0.25, 0.3) is 0 Å². The van der Waals surface area contributed by atoms with Gasteiger partial charge in [-0.25, -0.2) is 8.42 Å². The van der Waals surface area contributed by atoms with Crippen molar-refractivity contribution >= 4 is 39.1 Å². The lowest BCUT2D eigenvalue weighted by molar-refractivity contribution is -0.140. The van der Waals surface area contributed by atoms with Gasteiger partial charge in [0.2, 0.25) is 21.8 Å². The molecule has 0 radical (unpaired) electrons. The van der Waals surface area contributed by atoms with Gasteiger partial charge in [0.25, 0.3) is 0 Å². The maximum Gasteiger partial charge on any atom is 0.244 e. The zero-order valence-corrected chi connectivity index (χ0v) is 22.4. The van der Waals surface area contributed by atoms with Gasteiger partial charge in [-0.2, -0.15) is 0 Å². The van der Waals surface area contributed by atoms with Crippen LogP contribution in [0.4, 0.5) is 5.69 Å². The number of hydrogen-bond donors (Lipinski definition) is 1. The van der Waals surface area contributed by atoms with Crippen molar-refractivity contribution < 1.29 is 22.7 Å². The molecule has 8 nitrogen and oxygen atoms in total. The number of halogens is 1. The molecule has 2 aromatic rings. The number of hydrogen-bond acceptors (Lipinski definition) is 5. The summed E-state index contributed by atoms with van der Waals surface area (Å²) in [5, 5.41) is 3.44. The second-order valence-corrected chi connectivity index (χ2v) is 11.0. The molecule has 0 heterocycles. The molecule has 0 aliphatic carbocycles. The van der Waals surface area contributed by atoms with Crippen LogP contribution in [0.3, 0.4) is 0 Å². The molecule has 1 atom stereocenters. The largest absolute Gasteiger partial charge is 0.495 e. The smallest absolute Gasteiger partial charge is 0.244 e. The molecule has 0 bridgehead atoms. The summed E-state index contributed by atoms with van der Waals surface area (Å²) in [4.78, 5) is 28.1. The van der Waals surface area contributed by atoms with Crippen molar-refractivity contribution in [3.8, 4) is 5.75 Å². The number of para-hydroxylation sites is 2. The molecule has 2 aromatic carbocycles. The molecular weight excluding hydrogens is 490 g/mol. The number of benzene rings is 2. The third kappa shape index (κ3) is 8.14. The third-order valence-electron chi connectivity index (χ3n) is 5.37. The Morgan fingerprint density at radius 1 is 1.09 bits per heavy atom. The zero-order valence-electron chi connectivity index (χ0n) is 20.8. The molecule has 0 saturated carbocycles. The Morgan fingerprint density at radius 3 is 2.26 bits per heavy atom. The van der Waals surface area contributed by atoms with Crippen LogP contribution in [0.1, 0.15) is 32.8 Å². The van der Waals surface area contributed by atoms with Crippen molar-refractivity contribution in [2.45, 2.75) is 39.8 Å². The molecule has 2 rings (SSSR count). The SMILES string of the molecule is CC[C@@H](C(=O)NCC(C)C)N(Cc1ccc(Cl)cc1)C(=O)CN(c1ccccc1OC)S(C)(=O)=O. The summed E-state index contributed by atoms with van der Waals surface area (Å²) in [6.45, 7) is 5.88. The van der Waals surface area contributed by atoms with E-state index in [4.69, 9.17) is 16.3 Å². The van der Waals surface area contributed by atoms with Gasteiger partial charge in [0.05, 0.1) is 19.1 Å². The Bertz CT molecular complexity index is 1110. The predicted octanol–water partition coefficient (Wildman–Crippen LogP) is 3.69. The number of ether oxygens (including phenoxy) is 1. The molecule has 0 aromatic heterocycles. The molecule has 10 heteroatoms. The van der Waals surface area contributed by atoms with Gasteiger partial charge in [0.1, 0.15) is 18.3 Å². The minimum atomic E-state index is -3.84. The van der Waals surface area contributed by atoms with Crippen LogP contribution < -0.4 is 14.4 Å². The summed E-state index contributed by atoms with van der Waals surface area (Å²) in [7, 11) is -2.41. The maximum absolute atomic E-state index is 13.7. The molecule has 0 fully saturated rings. The lowest BCUT2D eigenvalue weighted by atomic mass is 10.1. The normalized spacial score (nSPS) is 12.2. The first-order valence-corrected chi connectivity index (χ1v) is 13.6. The van der Waals surface area contributed by atoms with Crippen molar-refractivity contribution in [3.05, 3.63) is 59.1 Å². The van der Waals surface area contributed by atoms with Crippen molar-refractivity contribution in [1.82, 2.24) is 10.2 Å². The fourth-order valence-corrected chi connectivity index (χ4v) is 4.54. The number of amides is 2. The van der Waals surface area contributed by atoms with Gasteiger partial charge in [-0.05, 0) is 42.2 Å². The molecule has 0 aliphatic heterocycles. The highest BCUT2D eigenvalue weighted by molar-refractivity contribution is 7.92. The minimum Gasteiger partial charge on any atom is -0.495 e. The van der Waals surface area contributed by atoms with Gasteiger partial charge in [-0.1, -0.05) is 56.6 Å². The summed E-state index contributed by atoms with van der Waals surface area (Å²) >= 11 is 6.01. The Hall–Kier alpha value is -2.78. The topological polar surface area (TPSA) is 96.0 Å². The summed E-state index contributed by atoms with van der Waals surface area (Å²) < 4.78 is 31.7. The Labute approximate surface area is 213 Å². The van der Waals surface area contributed by atoms with E-state index in [2.05, 4.69) is 5.32 Å². The highest BCUT2D eigenvalue weighted by Gasteiger charge is 2.32. The maximum atomic E-state index is 13.7. The fraction of sp³-hybridized carbons (Fsp3) is 0.440. The first kappa shape index (κ1) is 28.5. The minimum absolute atomic E-state index is 0.118. The number of sulfonamides is 1. The van der Waals surface area contributed by atoms with Crippen molar-refractivity contribution in [2.75, 3.05) is 30.8 Å². The molecule has 0 unspecified atom stereocenters. The van der Waals surface area contributed by atoms with Gasteiger partial charge < -0.3 is 15.0 Å². The number of carbonyl (C=O) groups excluding carboxylic acids is 2. The van der Waals surface area contributed by atoms with E-state index < -0.39 is 28.5 Å². The monoisotopic (exact) mass is 523 g/mol. The number of rotatable bonds is 12. The lowest BCUT2D eigenvalue weighted by Gasteiger charge is -2.33. The number of nitrogens with one attached hydrogen (secondary N) is 1. The molecule has 1 N–H and O–H groups in total. The third-order valence-corrected chi connectivity index (χ3v) is 6.75. The van der Waals surface area contributed by atoms with Gasteiger partial charge in [0.15, 0.2) is 0 Å². The van der Waals surface area contributed by atoms with E-state index in [-0.39, 0.29) is 24.1 Å². The average molecular weight is 524 g/mol. The molecule has 35 heavy (non-hydrogen) atoms. The van der Waals surface area contributed by atoms with E-state index in [1.807, 2.05) is 20.8 Å². The summed E-state index contributed by atoms with van der Waals surface area (Å²) in [5.41, 5.74) is 1.01. The van der Waals surface area contributed by atoms with Crippen molar-refractivity contribution in [3.63, 3.8) is 0 Å². The highest BCUT2D eigenvalue weighted by atomic mass is 35.5. The highest BCUT2D eigenvalue weighted by Crippen LogP contribution is 2.29. The average Bonchev–Trinajstić information content (AvgIpc) is 2.81. The first-order chi connectivity index (χ1) is 16.5. The van der Waals surface area contributed by atoms with E-state index in [0.717, 1.165) is 16.1 Å². The fourth-order valence-electron chi connectivity index (χ4n) is 3.56. The van der Waals surface area contributed by atoms with Crippen molar-refractivity contribution in [2.24, 2.45) is 5.92 Å². The van der Waals surface area contributed by atoms with E-state index in [0.29, 0.717) is 23.7 Å². The van der Waals surface area contributed by atoms with Crippen LogP contribution in [0, 0.1) is 5.92 Å². The van der Waals surface area contributed by atoms with Gasteiger partial charge in [-0.15, -0.1) is 0 Å². The number of carbonyl (C=O) groups is 2. The molecule has 2 amide bonds. The van der Waals surface area contributed by atoms with Crippen molar-refractivity contribution in [1.29, 1.82) is 0 Å². The Balaban J connectivity index is 2.44. The number of nitrogens with zero attached hydrogens (tertiary/aromatic N) is 2. The first-order valence-electron chi connectivity index (χ1n) is 11.4. The summed E-state index contributed by atoms with van der Waals surface area (Å²) in [6, 6.07) is 12.8. The van der Waals surface area contributed by atoms with E-state index >= 15 is 0 Å². The standard InChI is InChI=1S/C25H34ClN3O5S/c1-6-21(25(31)27-15-18(2)3)28(16-19-11-13-20(26)14-12-19)24(30)17-29(35(5,32)33)22-9-7-8-10-23(22)34-4/h7-14,18,21H,6,15-17H2,1-5H3,(H,27,31)/t21-/m0/s1. The van der Waals surface area contributed by atoms with Crippen LogP contribution in [-0.4, -0.2) is 57.6 Å².